The molecule has 1 atom stereocenters. The molecule has 2 aromatic rings. The predicted octanol–water partition coefficient (Wildman–Crippen LogP) is 3.98. The summed E-state index contributed by atoms with van der Waals surface area (Å²) in [6, 6.07) is 9.03. The van der Waals surface area contributed by atoms with E-state index < -0.39 is 0 Å². The summed E-state index contributed by atoms with van der Waals surface area (Å²) < 4.78 is 1.13. The average Bonchev–Trinajstić information content (AvgIpc) is 2.78. The van der Waals surface area contributed by atoms with Crippen LogP contribution in [0.1, 0.15) is 23.2 Å². The Morgan fingerprint density at radius 3 is 2.58 bits per heavy atom. The lowest BCUT2D eigenvalue weighted by Gasteiger charge is -2.16. The molecule has 2 rings (SSSR count). The minimum Gasteiger partial charge on any atom is -0.314 e. The highest BCUT2D eigenvalue weighted by Gasteiger charge is 2.11. The van der Waals surface area contributed by atoms with Crippen LogP contribution in [0.3, 0.4) is 0 Å². The van der Waals surface area contributed by atoms with Gasteiger partial charge in [0.25, 0.3) is 0 Å². The Bertz CT molecular complexity index is 507. The highest BCUT2D eigenvalue weighted by atomic mass is 79.9. The number of likely N-dealkylation sites (N-methyl/N-ethyl adjacent to an activating group) is 1. The molecule has 0 radical (unpaired) electrons. The van der Waals surface area contributed by atoms with E-state index in [1.165, 1.54) is 10.6 Å². The van der Waals surface area contributed by atoms with Crippen molar-refractivity contribution in [3.8, 4) is 0 Å². The first-order valence-electron chi connectivity index (χ1n) is 6.56. The van der Waals surface area contributed by atoms with Crippen LogP contribution in [0.5, 0.6) is 0 Å². The van der Waals surface area contributed by atoms with E-state index in [0.29, 0.717) is 6.04 Å². The minimum atomic E-state index is 0.455. The van der Waals surface area contributed by atoms with Crippen molar-refractivity contribution < 1.29 is 0 Å². The predicted molar refractivity (Wildman–Crippen MR) is 85.9 cm³/mol. The van der Waals surface area contributed by atoms with Crippen molar-refractivity contribution in [2.24, 2.45) is 0 Å². The summed E-state index contributed by atoms with van der Waals surface area (Å²) in [5.41, 5.74) is 2.49. The molecule has 0 bridgehead atoms. The number of nitrogens with one attached hydrogen (secondary N) is 1. The third kappa shape index (κ3) is 4.71. The third-order valence-corrected chi connectivity index (χ3v) is 4.49. The number of thiazole rings is 1. The fourth-order valence-corrected chi connectivity index (χ4v) is 3.24. The number of rotatable bonds is 6. The maximum atomic E-state index is 4.56. The molecule has 19 heavy (non-hydrogen) atoms. The average molecular weight is 339 g/mol. The van der Waals surface area contributed by atoms with Crippen LogP contribution in [0.2, 0.25) is 0 Å². The van der Waals surface area contributed by atoms with Gasteiger partial charge in [0.05, 0.1) is 5.01 Å². The summed E-state index contributed by atoms with van der Waals surface area (Å²) in [4.78, 5) is 4.56. The summed E-state index contributed by atoms with van der Waals surface area (Å²) >= 11 is 5.23. The van der Waals surface area contributed by atoms with Gasteiger partial charge in [-0.15, -0.1) is 11.3 Å². The Hall–Kier alpha value is -0.710. The first-order chi connectivity index (χ1) is 9.17. The molecule has 0 fully saturated rings. The summed E-state index contributed by atoms with van der Waals surface area (Å²) in [7, 11) is 0. The Morgan fingerprint density at radius 1 is 1.26 bits per heavy atom. The fourth-order valence-electron chi connectivity index (χ4n) is 2.12. The maximum absolute atomic E-state index is 4.56. The molecule has 0 aliphatic rings. The lowest BCUT2D eigenvalue weighted by atomic mass is 10.0. The topological polar surface area (TPSA) is 24.9 Å². The number of aryl methyl sites for hydroxylation is 1. The Morgan fingerprint density at radius 2 is 2.00 bits per heavy atom. The molecule has 0 saturated carbocycles. The molecular weight excluding hydrogens is 320 g/mol. The van der Waals surface area contributed by atoms with Crippen LogP contribution in [-0.2, 0) is 12.8 Å². The van der Waals surface area contributed by atoms with Crippen molar-refractivity contribution in [1.82, 2.24) is 10.3 Å². The van der Waals surface area contributed by atoms with Crippen molar-refractivity contribution in [3.63, 3.8) is 0 Å². The van der Waals surface area contributed by atoms with Gasteiger partial charge in [0.15, 0.2) is 0 Å². The highest BCUT2D eigenvalue weighted by molar-refractivity contribution is 9.10. The van der Waals surface area contributed by atoms with E-state index in [0.717, 1.165) is 29.6 Å². The van der Waals surface area contributed by atoms with Gasteiger partial charge < -0.3 is 5.32 Å². The van der Waals surface area contributed by atoms with Gasteiger partial charge in [-0.05, 0) is 37.6 Å². The number of benzene rings is 1. The molecule has 0 amide bonds. The fraction of sp³-hybridized carbons (Fsp3) is 0.400. The molecule has 2 nitrogen and oxygen atoms in total. The van der Waals surface area contributed by atoms with E-state index in [9.17, 15) is 0 Å². The normalized spacial score (nSPS) is 12.6. The van der Waals surface area contributed by atoms with Crippen LogP contribution >= 0.6 is 27.3 Å². The number of hydrogen-bond donors (Lipinski definition) is 1. The van der Waals surface area contributed by atoms with Gasteiger partial charge in [-0.1, -0.05) is 35.0 Å². The molecule has 102 valence electrons. The third-order valence-electron chi connectivity index (χ3n) is 2.98. The SMILES string of the molecule is CCNC(Cc1ccc(Br)cc1)Cc1nc(C)cs1. The van der Waals surface area contributed by atoms with Gasteiger partial charge in [-0.2, -0.15) is 0 Å². The van der Waals surface area contributed by atoms with Crippen LogP contribution in [0.25, 0.3) is 0 Å². The van der Waals surface area contributed by atoms with Crippen LogP contribution < -0.4 is 5.32 Å². The number of hydrogen-bond acceptors (Lipinski definition) is 3. The lowest BCUT2D eigenvalue weighted by Crippen LogP contribution is -2.33. The maximum Gasteiger partial charge on any atom is 0.0943 e. The van der Waals surface area contributed by atoms with Gasteiger partial charge in [0.1, 0.15) is 0 Å². The summed E-state index contributed by atoms with van der Waals surface area (Å²) in [6.45, 7) is 5.20. The van der Waals surface area contributed by atoms with E-state index in [1.807, 2.05) is 0 Å². The zero-order valence-electron chi connectivity index (χ0n) is 11.3. The second-order valence-corrected chi connectivity index (χ2v) is 6.53. The van der Waals surface area contributed by atoms with Gasteiger partial charge in [0, 0.05) is 28.0 Å². The zero-order chi connectivity index (χ0) is 13.7. The molecule has 1 N–H and O–H groups in total. The molecule has 1 aromatic heterocycles. The molecule has 0 saturated heterocycles. The van der Waals surface area contributed by atoms with Crippen molar-refractivity contribution in [2.45, 2.75) is 32.7 Å². The molecule has 0 spiro atoms. The number of halogens is 1. The number of aromatic nitrogens is 1. The van der Waals surface area contributed by atoms with Crippen molar-refractivity contribution in [1.29, 1.82) is 0 Å². The first-order valence-corrected chi connectivity index (χ1v) is 8.23. The molecular formula is C15H19BrN2S. The zero-order valence-corrected chi connectivity index (χ0v) is 13.7. The Kier molecular flexibility index (Phi) is 5.55. The van der Waals surface area contributed by atoms with E-state index in [1.54, 1.807) is 11.3 Å². The molecule has 1 aromatic carbocycles. The molecule has 0 aliphatic carbocycles. The lowest BCUT2D eigenvalue weighted by molar-refractivity contribution is 0.520. The van der Waals surface area contributed by atoms with Crippen LogP contribution in [0, 0.1) is 6.92 Å². The van der Waals surface area contributed by atoms with E-state index in [4.69, 9.17) is 0 Å². The second-order valence-electron chi connectivity index (χ2n) is 4.67. The van der Waals surface area contributed by atoms with Crippen molar-refractivity contribution >= 4 is 27.3 Å². The van der Waals surface area contributed by atoms with Crippen molar-refractivity contribution in [3.05, 3.63) is 50.4 Å². The van der Waals surface area contributed by atoms with Gasteiger partial charge in [-0.25, -0.2) is 4.98 Å². The van der Waals surface area contributed by atoms with E-state index in [2.05, 4.69) is 69.7 Å². The van der Waals surface area contributed by atoms with Gasteiger partial charge in [-0.3, -0.25) is 0 Å². The van der Waals surface area contributed by atoms with E-state index in [-0.39, 0.29) is 0 Å². The molecule has 1 heterocycles. The summed E-state index contributed by atoms with van der Waals surface area (Å²) in [6.07, 6.45) is 2.04. The molecule has 0 aliphatic heterocycles. The Balaban J connectivity index is 2.01. The van der Waals surface area contributed by atoms with E-state index >= 15 is 0 Å². The monoisotopic (exact) mass is 338 g/mol. The van der Waals surface area contributed by atoms with Crippen LogP contribution in [0.4, 0.5) is 0 Å². The van der Waals surface area contributed by atoms with Crippen LogP contribution in [0.15, 0.2) is 34.1 Å². The first kappa shape index (κ1) is 14.7. The smallest absolute Gasteiger partial charge is 0.0943 e. The second kappa shape index (κ2) is 7.17. The highest BCUT2D eigenvalue weighted by Crippen LogP contribution is 2.15. The van der Waals surface area contributed by atoms with Crippen molar-refractivity contribution in [2.75, 3.05) is 6.54 Å². The Labute approximate surface area is 127 Å². The van der Waals surface area contributed by atoms with Crippen LogP contribution in [-0.4, -0.2) is 17.6 Å². The summed E-state index contributed by atoms with van der Waals surface area (Å²) in [5.74, 6) is 0. The standard InChI is InChI=1S/C15H19BrN2S/c1-3-17-14(9-15-18-11(2)10-19-15)8-12-4-6-13(16)7-5-12/h4-7,10,14,17H,3,8-9H2,1-2H3. The minimum absolute atomic E-state index is 0.455. The molecule has 4 heteroatoms. The van der Waals surface area contributed by atoms with Gasteiger partial charge >= 0.3 is 0 Å². The quantitative estimate of drug-likeness (QED) is 0.861. The van der Waals surface area contributed by atoms with Gasteiger partial charge in [0.2, 0.25) is 0 Å². The summed E-state index contributed by atoms with van der Waals surface area (Å²) in [5, 5.41) is 6.90. The number of nitrogens with zero attached hydrogens (tertiary/aromatic N) is 1. The largest absolute Gasteiger partial charge is 0.314 e. The molecule has 1 unspecified atom stereocenters.